The number of aliphatic hydroxyl groups excluding tert-OH is 1. The lowest BCUT2D eigenvalue weighted by Crippen LogP contribution is -2.33. The molecule has 0 aliphatic carbocycles. The van der Waals surface area contributed by atoms with Gasteiger partial charge in [-0.15, -0.1) is 11.3 Å². The molecule has 1 heterocycles. The predicted molar refractivity (Wildman–Crippen MR) is 80.2 cm³/mol. The van der Waals surface area contributed by atoms with Crippen LogP contribution in [0.1, 0.15) is 17.4 Å². The van der Waals surface area contributed by atoms with Crippen molar-refractivity contribution < 1.29 is 13.5 Å². The second-order valence-electron chi connectivity index (χ2n) is 4.61. The fourth-order valence-corrected chi connectivity index (χ4v) is 3.96. The zero-order chi connectivity index (χ0) is 14.6. The number of aliphatic hydroxyl groups is 1. The smallest absolute Gasteiger partial charge is 0.240 e. The average molecular weight is 311 g/mol. The van der Waals surface area contributed by atoms with E-state index in [0.29, 0.717) is 12.0 Å². The minimum atomic E-state index is -3.51. The Hall–Kier alpha value is -1.21. The van der Waals surface area contributed by atoms with Crippen LogP contribution < -0.4 is 4.72 Å². The Bertz CT molecular complexity index is 634. The first kappa shape index (κ1) is 15.2. The van der Waals surface area contributed by atoms with E-state index in [-0.39, 0.29) is 17.5 Å². The van der Waals surface area contributed by atoms with Crippen molar-refractivity contribution in [1.29, 1.82) is 0 Å². The summed E-state index contributed by atoms with van der Waals surface area (Å²) in [6.07, 6.45) is 0.672. The molecule has 2 N–H and O–H groups in total. The second-order valence-corrected chi connectivity index (χ2v) is 7.35. The SMILES string of the molecule is CC(Cc1cccs1)NS(=O)(=O)c1ccc(CO)cc1. The molecular weight excluding hydrogens is 294 g/mol. The van der Waals surface area contributed by atoms with Crippen molar-refractivity contribution in [2.24, 2.45) is 0 Å². The van der Waals surface area contributed by atoms with Gasteiger partial charge in [-0.1, -0.05) is 18.2 Å². The van der Waals surface area contributed by atoms with Gasteiger partial charge in [-0.25, -0.2) is 13.1 Å². The van der Waals surface area contributed by atoms with Gasteiger partial charge in [0, 0.05) is 10.9 Å². The summed E-state index contributed by atoms with van der Waals surface area (Å²) in [5.41, 5.74) is 0.690. The minimum absolute atomic E-state index is 0.0947. The maximum atomic E-state index is 12.2. The van der Waals surface area contributed by atoms with E-state index in [1.165, 1.54) is 12.1 Å². The molecule has 0 saturated carbocycles. The Morgan fingerprint density at radius 3 is 2.50 bits per heavy atom. The number of rotatable bonds is 6. The van der Waals surface area contributed by atoms with Gasteiger partial charge in [-0.05, 0) is 42.5 Å². The van der Waals surface area contributed by atoms with Gasteiger partial charge in [0.05, 0.1) is 11.5 Å². The molecule has 6 heteroatoms. The van der Waals surface area contributed by atoms with Crippen molar-refractivity contribution in [1.82, 2.24) is 4.72 Å². The van der Waals surface area contributed by atoms with Gasteiger partial charge in [0.2, 0.25) is 10.0 Å². The second kappa shape index (κ2) is 6.49. The third-order valence-electron chi connectivity index (χ3n) is 2.86. The highest BCUT2D eigenvalue weighted by atomic mass is 32.2. The average Bonchev–Trinajstić information content (AvgIpc) is 2.91. The van der Waals surface area contributed by atoms with E-state index in [2.05, 4.69) is 4.72 Å². The highest BCUT2D eigenvalue weighted by Crippen LogP contribution is 2.14. The molecule has 4 nitrogen and oxygen atoms in total. The van der Waals surface area contributed by atoms with Crippen molar-refractivity contribution in [3.05, 3.63) is 52.2 Å². The van der Waals surface area contributed by atoms with Gasteiger partial charge in [0.1, 0.15) is 0 Å². The Morgan fingerprint density at radius 2 is 1.95 bits per heavy atom. The third-order valence-corrected chi connectivity index (χ3v) is 5.36. The molecule has 20 heavy (non-hydrogen) atoms. The van der Waals surface area contributed by atoms with Gasteiger partial charge in [-0.2, -0.15) is 0 Å². The molecule has 0 radical (unpaired) electrons. The summed E-state index contributed by atoms with van der Waals surface area (Å²) >= 11 is 1.62. The molecule has 0 aliphatic heterocycles. The maximum Gasteiger partial charge on any atom is 0.240 e. The van der Waals surface area contributed by atoms with Gasteiger partial charge in [-0.3, -0.25) is 0 Å². The highest BCUT2D eigenvalue weighted by Gasteiger charge is 2.17. The van der Waals surface area contributed by atoms with Crippen LogP contribution in [0.3, 0.4) is 0 Å². The first-order chi connectivity index (χ1) is 9.51. The lowest BCUT2D eigenvalue weighted by atomic mass is 10.2. The molecular formula is C14H17NO3S2. The molecule has 0 amide bonds. The molecule has 108 valence electrons. The van der Waals surface area contributed by atoms with E-state index in [1.54, 1.807) is 23.5 Å². The zero-order valence-electron chi connectivity index (χ0n) is 11.1. The molecule has 2 aromatic rings. The molecule has 0 aliphatic rings. The number of benzene rings is 1. The molecule has 2 rings (SSSR count). The normalized spacial score (nSPS) is 13.3. The lowest BCUT2D eigenvalue weighted by Gasteiger charge is -2.13. The Morgan fingerprint density at radius 1 is 1.25 bits per heavy atom. The molecule has 0 bridgehead atoms. The van der Waals surface area contributed by atoms with Crippen molar-refractivity contribution in [3.63, 3.8) is 0 Å². The van der Waals surface area contributed by atoms with Crippen molar-refractivity contribution in [3.8, 4) is 0 Å². The summed E-state index contributed by atoms with van der Waals surface area (Å²) in [4.78, 5) is 1.36. The molecule has 1 aromatic heterocycles. The van der Waals surface area contributed by atoms with Gasteiger partial charge in [0.25, 0.3) is 0 Å². The minimum Gasteiger partial charge on any atom is -0.392 e. The Labute approximate surface area is 123 Å². The summed E-state index contributed by atoms with van der Waals surface area (Å²) in [5.74, 6) is 0. The van der Waals surface area contributed by atoms with E-state index in [1.807, 2.05) is 24.4 Å². The van der Waals surface area contributed by atoms with Gasteiger partial charge >= 0.3 is 0 Å². The fourth-order valence-electron chi connectivity index (χ4n) is 1.88. The number of nitrogens with one attached hydrogen (secondary N) is 1. The largest absolute Gasteiger partial charge is 0.392 e. The first-order valence-electron chi connectivity index (χ1n) is 6.26. The molecule has 1 unspecified atom stereocenters. The van der Waals surface area contributed by atoms with Crippen molar-refractivity contribution >= 4 is 21.4 Å². The van der Waals surface area contributed by atoms with Gasteiger partial charge in [0.15, 0.2) is 0 Å². The van der Waals surface area contributed by atoms with Crippen LogP contribution in [0.5, 0.6) is 0 Å². The number of hydrogen-bond acceptors (Lipinski definition) is 4. The molecule has 1 atom stereocenters. The maximum absolute atomic E-state index is 12.2. The topological polar surface area (TPSA) is 66.4 Å². The summed E-state index contributed by atoms with van der Waals surface area (Å²) in [5, 5.41) is 10.9. The zero-order valence-corrected chi connectivity index (χ0v) is 12.7. The molecule has 0 fully saturated rings. The molecule has 0 spiro atoms. The lowest BCUT2D eigenvalue weighted by molar-refractivity contribution is 0.282. The van der Waals surface area contributed by atoms with E-state index < -0.39 is 10.0 Å². The Kier molecular flexibility index (Phi) is 4.93. The van der Waals surface area contributed by atoms with E-state index in [9.17, 15) is 8.42 Å². The van der Waals surface area contributed by atoms with Crippen LogP contribution in [0, 0.1) is 0 Å². The van der Waals surface area contributed by atoms with Crippen LogP contribution in [0.25, 0.3) is 0 Å². The van der Waals surface area contributed by atoms with E-state index in [0.717, 1.165) is 4.88 Å². The summed E-state index contributed by atoms with van der Waals surface area (Å²) in [6.45, 7) is 1.75. The number of thiophene rings is 1. The first-order valence-corrected chi connectivity index (χ1v) is 8.62. The summed E-state index contributed by atoms with van der Waals surface area (Å²) in [6, 6.07) is 10.0. The molecule has 1 aromatic carbocycles. The van der Waals surface area contributed by atoms with Crippen molar-refractivity contribution in [2.75, 3.05) is 0 Å². The summed E-state index contributed by atoms with van der Waals surface area (Å²) < 4.78 is 27.1. The predicted octanol–water partition coefficient (Wildman–Crippen LogP) is 2.15. The Balaban J connectivity index is 2.05. The quantitative estimate of drug-likeness (QED) is 0.859. The summed E-state index contributed by atoms with van der Waals surface area (Å²) in [7, 11) is -3.51. The van der Waals surface area contributed by atoms with E-state index >= 15 is 0 Å². The molecule has 0 saturated heterocycles. The van der Waals surface area contributed by atoms with Crippen LogP contribution >= 0.6 is 11.3 Å². The highest BCUT2D eigenvalue weighted by molar-refractivity contribution is 7.89. The van der Waals surface area contributed by atoms with Crippen LogP contribution in [-0.2, 0) is 23.1 Å². The van der Waals surface area contributed by atoms with Gasteiger partial charge < -0.3 is 5.11 Å². The monoisotopic (exact) mass is 311 g/mol. The van der Waals surface area contributed by atoms with Crippen LogP contribution in [0.2, 0.25) is 0 Å². The van der Waals surface area contributed by atoms with Crippen LogP contribution in [0.15, 0.2) is 46.7 Å². The fraction of sp³-hybridized carbons (Fsp3) is 0.286. The van der Waals surface area contributed by atoms with Crippen molar-refractivity contribution in [2.45, 2.75) is 30.9 Å². The van der Waals surface area contributed by atoms with Crippen LogP contribution in [0.4, 0.5) is 0 Å². The number of sulfonamides is 1. The standard InChI is InChI=1S/C14H17NO3S2/c1-11(9-13-3-2-8-19-13)15-20(17,18)14-6-4-12(10-16)5-7-14/h2-8,11,15-16H,9-10H2,1H3. The van der Waals surface area contributed by atoms with E-state index in [4.69, 9.17) is 5.11 Å². The third kappa shape index (κ3) is 3.89. The number of hydrogen-bond donors (Lipinski definition) is 2. The van der Waals surface area contributed by atoms with Crippen LogP contribution in [-0.4, -0.2) is 19.6 Å².